The molecule has 7 heteroatoms. The van der Waals surface area contributed by atoms with E-state index in [1.165, 1.54) is 11.4 Å². The second-order valence-corrected chi connectivity index (χ2v) is 8.21. The number of hydrogen-bond donors (Lipinski definition) is 1. The van der Waals surface area contributed by atoms with E-state index < -0.39 is 10.0 Å². The third-order valence-electron chi connectivity index (χ3n) is 3.96. The summed E-state index contributed by atoms with van der Waals surface area (Å²) in [6, 6.07) is 14.8. The molecule has 0 aromatic heterocycles. The summed E-state index contributed by atoms with van der Waals surface area (Å²) in [5, 5.41) is 2.86. The first-order valence-corrected chi connectivity index (χ1v) is 9.83. The van der Waals surface area contributed by atoms with Gasteiger partial charge in [0.05, 0.1) is 10.6 Å². The molecule has 0 aliphatic heterocycles. The third-order valence-corrected chi connectivity index (χ3v) is 5.76. The fourth-order valence-electron chi connectivity index (χ4n) is 2.41. The van der Waals surface area contributed by atoms with E-state index in [1.54, 1.807) is 54.6 Å². The molecule has 0 fully saturated rings. The predicted molar refractivity (Wildman–Crippen MR) is 104 cm³/mol. The Balaban J connectivity index is 2.03. The Bertz CT molecular complexity index is 819. The van der Waals surface area contributed by atoms with E-state index in [-0.39, 0.29) is 10.8 Å². The first-order chi connectivity index (χ1) is 12.3. The zero-order valence-corrected chi connectivity index (χ0v) is 16.2. The van der Waals surface area contributed by atoms with E-state index in [2.05, 4.69) is 10.2 Å². The van der Waals surface area contributed by atoms with Crippen molar-refractivity contribution in [2.45, 2.75) is 11.3 Å². The lowest BCUT2D eigenvalue weighted by Crippen LogP contribution is -2.28. The van der Waals surface area contributed by atoms with Crippen molar-refractivity contribution in [2.24, 2.45) is 0 Å². The monoisotopic (exact) mass is 375 g/mol. The molecule has 0 spiro atoms. The number of anilines is 1. The smallest absolute Gasteiger partial charge is 0.264 e. The SMILES string of the molecule is CN(C)CCCNC(=O)c1ccc(N(C)S(=O)(=O)c2ccccc2)cc1. The van der Waals surface area contributed by atoms with Gasteiger partial charge in [-0.3, -0.25) is 9.10 Å². The van der Waals surface area contributed by atoms with Gasteiger partial charge < -0.3 is 10.2 Å². The minimum absolute atomic E-state index is 0.163. The summed E-state index contributed by atoms with van der Waals surface area (Å²) in [5.41, 5.74) is 1.00. The van der Waals surface area contributed by atoms with Crippen LogP contribution in [0.5, 0.6) is 0 Å². The molecule has 140 valence electrons. The van der Waals surface area contributed by atoms with Gasteiger partial charge in [0.25, 0.3) is 15.9 Å². The number of benzene rings is 2. The highest BCUT2D eigenvalue weighted by Gasteiger charge is 2.21. The van der Waals surface area contributed by atoms with E-state index in [9.17, 15) is 13.2 Å². The van der Waals surface area contributed by atoms with Gasteiger partial charge in [-0.05, 0) is 63.5 Å². The fourth-order valence-corrected chi connectivity index (χ4v) is 3.63. The molecule has 2 aromatic carbocycles. The average Bonchev–Trinajstić information content (AvgIpc) is 2.65. The molecule has 0 heterocycles. The van der Waals surface area contributed by atoms with Gasteiger partial charge in [-0.25, -0.2) is 8.42 Å². The second-order valence-electron chi connectivity index (χ2n) is 6.25. The Morgan fingerprint density at radius 2 is 1.58 bits per heavy atom. The van der Waals surface area contributed by atoms with Gasteiger partial charge >= 0.3 is 0 Å². The molecule has 26 heavy (non-hydrogen) atoms. The number of rotatable bonds is 8. The van der Waals surface area contributed by atoms with Crippen molar-refractivity contribution in [3.05, 3.63) is 60.2 Å². The average molecular weight is 375 g/mol. The van der Waals surface area contributed by atoms with E-state index in [1.807, 2.05) is 14.1 Å². The Kier molecular flexibility index (Phi) is 6.76. The number of hydrogen-bond acceptors (Lipinski definition) is 4. The molecule has 0 aliphatic rings. The van der Waals surface area contributed by atoms with Crippen LogP contribution >= 0.6 is 0 Å². The normalized spacial score (nSPS) is 11.4. The fraction of sp³-hybridized carbons (Fsp3) is 0.316. The second kappa shape index (κ2) is 8.82. The Hall–Kier alpha value is -2.38. The van der Waals surface area contributed by atoms with Gasteiger partial charge in [-0.15, -0.1) is 0 Å². The topological polar surface area (TPSA) is 69.7 Å². The first kappa shape index (κ1) is 19.9. The Morgan fingerprint density at radius 3 is 2.15 bits per heavy atom. The quantitative estimate of drug-likeness (QED) is 0.718. The molecule has 0 atom stereocenters. The summed E-state index contributed by atoms with van der Waals surface area (Å²) in [5.74, 6) is -0.163. The molecule has 0 saturated carbocycles. The molecule has 6 nitrogen and oxygen atoms in total. The number of carbonyl (C=O) groups is 1. The van der Waals surface area contributed by atoms with E-state index in [0.29, 0.717) is 17.8 Å². The summed E-state index contributed by atoms with van der Waals surface area (Å²) in [4.78, 5) is 14.4. The Labute approximate surface area is 155 Å². The van der Waals surface area contributed by atoms with Crippen molar-refractivity contribution in [2.75, 3.05) is 38.5 Å². The van der Waals surface area contributed by atoms with Crippen LogP contribution in [0.3, 0.4) is 0 Å². The van der Waals surface area contributed by atoms with Crippen molar-refractivity contribution in [3.8, 4) is 0 Å². The van der Waals surface area contributed by atoms with Crippen LogP contribution < -0.4 is 9.62 Å². The van der Waals surface area contributed by atoms with Gasteiger partial charge in [-0.2, -0.15) is 0 Å². The van der Waals surface area contributed by atoms with E-state index in [4.69, 9.17) is 0 Å². The molecule has 2 aromatic rings. The maximum atomic E-state index is 12.6. The van der Waals surface area contributed by atoms with Crippen molar-refractivity contribution in [1.29, 1.82) is 0 Å². The lowest BCUT2D eigenvalue weighted by molar-refractivity contribution is 0.0952. The Morgan fingerprint density at radius 1 is 0.962 bits per heavy atom. The summed E-state index contributed by atoms with van der Waals surface area (Å²) < 4.78 is 26.5. The summed E-state index contributed by atoms with van der Waals surface area (Å²) in [6.07, 6.45) is 0.870. The van der Waals surface area contributed by atoms with Crippen LogP contribution in [-0.4, -0.2) is 53.5 Å². The van der Waals surface area contributed by atoms with Crippen molar-refractivity contribution in [1.82, 2.24) is 10.2 Å². The maximum absolute atomic E-state index is 12.6. The van der Waals surface area contributed by atoms with Gasteiger partial charge in [-0.1, -0.05) is 18.2 Å². The number of amides is 1. The summed E-state index contributed by atoms with van der Waals surface area (Å²) in [6.45, 7) is 1.50. The highest BCUT2D eigenvalue weighted by Crippen LogP contribution is 2.22. The molecule has 0 radical (unpaired) electrons. The molecule has 1 N–H and O–H groups in total. The lowest BCUT2D eigenvalue weighted by atomic mass is 10.2. The highest BCUT2D eigenvalue weighted by atomic mass is 32.2. The summed E-state index contributed by atoms with van der Waals surface area (Å²) >= 11 is 0. The standard InChI is InChI=1S/C19H25N3O3S/c1-21(2)15-7-14-20-19(23)16-10-12-17(13-11-16)22(3)26(24,25)18-8-5-4-6-9-18/h4-6,8-13H,7,14-15H2,1-3H3,(H,20,23). The van der Waals surface area contributed by atoms with Gasteiger partial charge in [0.1, 0.15) is 0 Å². The number of sulfonamides is 1. The van der Waals surface area contributed by atoms with Gasteiger partial charge in [0, 0.05) is 19.2 Å². The van der Waals surface area contributed by atoms with Crippen LogP contribution in [0.1, 0.15) is 16.8 Å². The zero-order valence-electron chi connectivity index (χ0n) is 15.3. The minimum Gasteiger partial charge on any atom is -0.352 e. The molecule has 0 saturated heterocycles. The molecular formula is C19H25N3O3S. The predicted octanol–water partition coefficient (Wildman–Crippen LogP) is 2.19. The van der Waals surface area contributed by atoms with Gasteiger partial charge in [0.2, 0.25) is 0 Å². The molecular weight excluding hydrogens is 350 g/mol. The maximum Gasteiger partial charge on any atom is 0.264 e. The molecule has 0 aliphatic carbocycles. The van der Waals surface area contributed by atoms with Gasteiger partial charge in [0.15, 0.2) is 0 Å². The van der Waals surface area contributed by atoms with Crippen LogP contribution in [-0.2, 0) is 10.0 Å². The summed E-state index contributed by atoms with van der Waals surface area (Å²) in [7, 11) is 1.85. The van der Waals surface area contributed by atoms with Crippen LogP contribution in [0.25, 0.3) is 0 Å². The molecule has 2 rings (SSSR count). The van der Waals surface area contributed by atoms with Crippen LogP contribution in [0.2, 0.25) is 0 Å². The molecule has 0 bridgehead atoms. The van der Waals surface area contributed by atoms with E-state index in [0.717, 1.165) is 13.0 Å². The van der Waals surface area contributed by atoms with Crippen molar-refractivity contribution < 1.29 is 13.2 Å². The molecule has 0 unspecified atom stereocenters. The number of nitrogens with zero attached hydrogens (tertiary/aromatic N) is 2. The van der Waals surface area contributed by atoms with Crippen molar-refractivity contribution in [3.63, 3.8) is 0 Å². The minimum atomic E-state index is -3.62. The molecule has 1 amide bonds. The van der Waals surface area contributed by atoms with Crippen LogP contribution in [0, 0.1) is 0 Å². The first-order valence-electron chi connectivity index (χ1n) is 8.39. The van der Waals surface area contributed by atoms with E-state index >= 15 is 0 Å². The number of carbonyl (C=O) groups excluding carboxylic acids is 1. The number of nitrogens with one attached hydrogen (secondary N) is 1. The van der Waals surface area contributed by atoms with Crippen LogP contribution in [0.15, 0.2) is 59.5 Å². The zero-order chi connectivity index (χ0) is 19.2. The van der Waals surface area contributed by atoms with Crippen molar-refractivity contribution >= 4 is 21.6 Å². The largest absolute Gasteiger partial charge is 0.352 e. The highest BCUT2D eigenvalue weighted by molar-refractivity contribution is 7.92. The third kappa shape index (κ3) is 5.06. The lowest BCUT2D eigenvalue weighted by Gasteiger charge is -2.19. The van der Waals surface area contributed by atoms with Crippen LogP contribution in [0.4, 0.5) is 5.69 Å².